The van der Waals surface area contributed by atoms with Gasteiger partial charge < -0.3 is 10.2 Å². The van der Waals surface area contributed by atoms with Crippen LogP contribution in [0.15, 0.2) is 48.5 Å². The van der Waals surface area contributed by atoms with Crippen LogP contribution in [0.3, 0.4) is 0 Å². The standard InChI is InChI=1S/C22H25N3O2S/c1-15-10-12-25(13-11-15)21(27)17-6-8-19(9-7-17)23-22(28)24-20(26)18-5-3-4-16(2)14-18/h3-9,14-15H,10-13H2,1-2H3,(H2,23,24,26,28). The lowest BCUT2D eigenvalue weighted by atomic mass is 9.98. The Balaban J connectivity index is 1.55. The number of aryl methyl sites for hydroxylation is 1. The molecule has 0 bridgehead atoms. The fourth-order valence-electron chi connectivity index (χ4n) is 3.21. The number of carbonyl (C=O) groups excluding carboxylic acids is 2. The van der Waals surface area contributed by atoms with Crippen LogP contribution in [-0.4, -0.2) is 34.9 Å². The zero-order valence-electron chi connectivity index (χ0n) is 16.2. The molecule has 2 aromatic rings. The largest absolute Gasteiger partial charge is 0.339 e. The number of nitrogens with zero attached hydrogens (tertiary/aromatic N) is 1. The predicted molar refractivity (Wildman–Crippen MR) is 116 cm³/mol. The second-order valence-electron chi connectivity index (χ2n) is 7.33. The number of piperidine rings is 1. The first-order valence-corrected chi connectivity index (χ1v) is 9.91. The maximum atomic E-state index is 12.6. The molecule has 0 aliphatic carbocycles. The first-order chi connectivity index (χ1) is 13.4. The number of thiocarbonyl (C=S) groups is 1. The van der Waals surface area contributed by atoms with E-state index in [1.165, 1.54) is 0 Å². The monoisotopic (exact) mass is 395 g/mol. The lowest BCUT2D eigenvalue weighted by Crippen LogP contribution is -2.37. The van der Waals surface area contributed by atoms with E-state index in [9.17, 15) is 9.59 Å². The van der Waals surface area contributed by atoms with Crippen molar-refractivity contribution in [2.24, 2.45) is 5.92 Å². The molecule has 1 heterocycles. The zero-order chi connectivity index (χ0) is 20.1. The Morgan fingerprint density at radius 2 is 1.71 bits per heavy atom. The lowest BCUT2D eigenvalue weighted by molar-refractivity contribution is 0.0697. The van der Waals surface area contributed by atoms with E-state index >= 15 is 0 Å². The lowest BCUT2D eigenvalue weighted by Gasteiger charge is -2.30. The summed E-state index contributed by atoms with van der Waals surface area (Å²) in [5, 5.41) is 5.87. The molecule has 1 aliphatic heterocycles. The first-order valence-electron chi connectivity index (χ1n) is 9.51. The van der Waals surface area contributed by atoms with Crippen molar-refractivity contribution in [3.05, 3.63) is 65.2 Å². The summed E-state index contributed by atoms with van der Waals surface area (Å²) in [5.41, 5.74) is 2.95. The number of anilines is 1. The zero-order valence-corrected chi connectivity index (χ0v) is 17.0. The molecule has 5 nitrogen and oxygen atoms in total. The molecule has 1 aliphatic rings. The number of carbonyl (C=O) groups is 2. The molecule has 0 spiro atoms. The molecular weight excluding hydrogens is 370 g/mol. The van der Waals surface area contributed by atoms with Gasteiger partial charge in [-0.05, 0) is 74.3 Å². The Kier molecular flexibility index (Phi) is 6.41. The van der Waals surface area contributed by atoms with Crippen LogP contribution in [0.2, 0.25) is 0 Å². The second-order valence-corrected chi connectivity index (χ2v) is 7.74. The van der Waals surface area contributed by atoms with Gasteiger partial charge in [0.1, 0.15) is 0 Å². The van der Waals surface area contributed by atoms with Crippen LogP contribution in [0.4, 0.5) is 5.69 Å². The van der Waals surface area contributed by atoms with Crippen molar-refractivity contribution >= 4 is 34.8 Å². The van der Waals surface area contributed by atoms with E-state index in [-0.39, 0.29) is 16.9 Å². The average molecular weight is 396 g/mol. The van der Waals surface area contributed by atoms with Crippen LogP contribution in [0, 0.1) is 12.8 Å². The number of amides is 2. The smallest absolute Gasteiger partial charge is 0.257 e. The molecule has 146 valence electrons. The molecule has 0 radical (unpaired) electrons. The van der Waals surface area contributed by atoms with E-state index in [0.717, 1.165) is 37.2 Å². The molecule has 2 aromatic carbocycles. The number of hydrogen-bond acceptors (Lipinski definition) is 3. The molecule has 3 rings (SSSR count). The van der Waals surface area contributed by atoms with Gasteiger partial charge in [-0.1, -0.05) is 24.6 Å². The van der Waals surface area contributed by atoms with Crippen LogP contribution in [0.5, 0.6) is 0 Å². The minimum Gasteiger partial charge on any atom is -0.339 e. The van der Waals surface area contributed by atoms with Gasteiger partial charge in [-0.2, -0.15) is 0 Å². The van der Waals surface area contributed by atoms with Crippen molar-refractivity contribution in [2.45, 2.75) is 26.7 Å². The summed E-state index contributed by atoms with van der Waals surface area (Å²) in [5.74, 6) is 0.493. The topological polar surface area (TPSA) is 61.4 Å². The van der Waals surface area contributed by atoms with Gasteiger partial charge in [-0.3, -0.25) is 14.9 Å². The second kappa shape index (κ2) is 8.97. The first kappa shape index (κ1) is 20.0. The summed E-state index contributed by atoms with van der Waals surface area (Å²) >= 11 is 5.22. The van der Waals surface area contributed by atoms with Crippen molar-refractivity contribution in [3.63, 3.8) is 0 Å². The third kappa shape index (κ3) is 5.16. The Hall–Kier alpha value is -2.73. The number of likely N-dealkylation sites (tertiary alicyclic amines) is 1. The molecule has 1 saturated heterocycles. The summed E-state index contributed by atoms with van der Waals surface area (Å²) in [7, 11) is 0. The summed E-state index contributed by atoms with van der Waals surface area (Å²) in [6.45, 7) is 5.79. The number of nitrogens with one attached hydrogen (secondary N) is 2. The van der Waals surface area contributed by atoms with E-state index in [1.54, 1.807) is 36.4 Å². The normalized spacial score (nSPS) is 14.4. The van der Waals surface area contributed by atoms with Gasteiger partial charge in [0.05, 0.1) is 0 Å². The van der Waals surface area contributed by atoms with Crippen molar-refractivity contribution in [1.29, 1.82) is 0 Å². The van der Waals surface area contributed by atoms with Gasteiger partial charge in [-0.25, -0.2) is 0 Å². The van der Waals surface area contributed by atoms with Gasteiger partial charge >= 0.3 is 0 Å². The SMILES string of the molecule is Cc1cccc(C(=O)NC(=S)Nc2ccc(C(=O)N3CCC(C)CC3)cc2)c1. The van der Waals surface area contributed by atoms with Crippen molar-refractivity contribution < 1.29 is 9.59 Å². The number of rotatable bonds is 3. The molecule has 2 N–H and O–H groups in total. The third-order valence-electron chi connectivity index (χ3n) is 4.97. The molecule has 0 atom stereocenters. The molecular formula is C22H25N3O2S. The average Bonchev–Trinajstić information content (AvgIpc) is 2.68. The minimum absolute atomic E-state index is 0.0637. The summed E-state index contributed by atoms with van der Waals surface area (Å²) in [4.78, 5) is 26.8. The van der Waals surface area contributed by atoms with Crippen LogP contribution in [0.1, 0.15) is 46.0 Å². The highest BCUT2D eigenvalue weighted by Crippen LogP contribution is 2.19. The molecule has 2 amide bonds. The van der Waals surface area contributed by atoms with Crippen LogP contribution >= 0.6 is 12.2 Å². The van der Waals surface area contributed by atoms with Crippen molar-refractivity contribution in [3.8, 4) is 0 Å². The summed E-state index contributed by atoms with van der Waals surface area (Å²) in [6, 6.07) is 14.5. The highest BCUT2D eigenvalue weighted by Gasteiger charge is 2.21. The van der Waals surface area contributed by atoms with Crippen molar-refractivity contribution in [2.75, 3.05) is 18.4 Å². The minimum atomic E-state index is -0.257. The van der Waals surface area contributed by atoms with Crippen LogP contribution < -0.4 is 10.6 Å². The van der Waals surface area contributed by atoms with Gasteiger partial charge in [0, 0.05) is 29.9 Å². The molecule has 28 heavy (non-hydrogen) atoms. The van der Waals surface area contributed by atoms with E-state index in [0.29, 0.717) is 17.0 Å². The quantitative estimate of drug-likeness (QED) is 0.772. The van der Waals surface area contributed by atoms with E-state index in [2.05, 4.69) is 17.6 Å². The number of benzene rings is 2. The van der Waals surface area contributed by atoms with Gasteiger partial charge in [0.2, 0.25) is 0 Å². The van der Waals surface area contributed by atoms with Crippen LogP contribution in [0.25, 0.3) is 0 Å². The molecule has 0 saturated carbocycles. The molecule has 0 aromatic heterocycles. The van der Waals surface area contributed by atoms with E-state index in [4.69, 9.17) is 12.2 Å². The van der Waals surface area contributed by atoms with Crippen LogP contribution in [-0.2, 0) is 0 Å². The molecule has 6 heteroatoms. The third-order valence-corrected chi connectivity index (χ3v) is 5.17. The molecule has 0 unspecified atom stereocenters. The summed E-state index contributed by atoms with van der Waals surface area (Å²) in [6.07, 6.45) is 2.11. The highest BCUT2D eigenvalue weighted by molar-refractivity contribution is 7.80. The summed E-state index contributed by atoms with van der Waals surface area (Å²) < 4.78 is 0. The fourth-order valence-corrected chi connectivity index (χ4v) is 3.42. The Morgan fingerprint density at radius 1 is 1.04 bits per heavy atom. The Labute approximate surface area is 171 Å². The predicted octanol–water partition coefficient (Wildman–Crippen LogP) is 3.99. The van der Waals surface area contributed by atoms with E-state index in [1.807, 2.05) is 24.0 Å². The fraction of sp³-hybridized carbons (Fsp3) is 0.318. The Morgan fingerprint density at radius 3 is 2.36 bits per heavy atom. The maximum absolute atomic E-state index is 12.6. The van der Waals surface area contributed by atoms with E-state index < -0.39 is 0 Å². The Bertz CT molecular complexity index is 872. The number of hydrogen-bond donors (Lipinski definition) is 2. The van der Waals surface area contributed by atoms with Crippen molar-refractivity contribution in [1.82, 2.24) is 10.2 Å². The highest BCUT2D eigenvalue weighted by atomic mass is 32.1. The maximum Gasteiger partial charge on any atom is 0.257 e. The van der Waals surface area contributed by atoms with Gasteiger partial charge in [0.25, 0.3) is 11.8 Å². The molecule has 1 fully saturated rings. The van der Waals surface area contributed by atoms with Gasteiger partial charge in [0.15, 0.2) is 5.11 Å². The van der Waals surface area contributed by atoms with Gasteiger partial charge in [-0.15, -0.1) is 0 Å².